The van der Waals surface area contributed by atoms with Gasteiger partial charge in [0.25, 0.3) is 5.91 Å². The first-order valence-corrected chi connectivity index (χ1v) is 10.3. The van der Waals surface area contributed by atoms with Gasteiger partial charge in [0.1, 0.15) is 0 Å². The van der Waals surface area contributed by atoms with E-state index in [0.29, 0.717) is 24.9 Å². The maximum atomic E-state index is 13.5. The van der Waals surface area contributed by atoms with Crippen molar-refractivity contribution in [3.05, 3.63) is 53.1 Å². The summed E-state index contributed by atoms with van der Waals surface area (Å²) >= 11 is 0. The second-order valence-electron chi connectivity index (χ2n) is 7.98. The van der Waals surface area contributed by atoms with Crippen molar-refractivity contribution in [2.45, 2.75) is 51.1 Å². The van der Waals surface area contributed by atoms with Crippen LogP contribution in [0.1, 0.15) is 53.6 Å². The minimum absolute atomic E-state index is 0.0342. The molecule has 2 aliphatic heterocycles. The lowest BCUT2D eigenvalue weighted by Crippen LogP contribution is -2.38. The average molecular weight is 392 g/mol. The van der Waals surface area contributed by atoms with Crippen molar-refractivity contribution < 1.29 is 19.1 Å². The Morgan fingerprint density at radius 1 is 1.03 bits per heavy atom. The van der Waals surface area contributed by atoms with Gasteiger partial charge in [0.05, 0.1) is 0 Å². The van der Waals surface area contributed by atoms with E-state index in [1.54, 1.807) is 0 Å². The number of fused-ring (bicyclic) bond motifs is 2. The molecule has 0 unspecified atom stereocenters. The first-order valence-electron chi connectivity index (χ1n) is 10.3. The first-order chi connectivity index (χ1) is 14.2. The Labute approximate surface area is 169 Å². The van der Waals surface area contributed by atoms with Gasteiger partial charge >= 0.3 is 0 Å². The molecule has 0 radical (unpaired) electrons. The van der Waals surface area contributed by atoms with Crippen molar-refractivity contribution >= 4 is 17.5 Å². The molecule has 2 aromatic rings. The number of benzene rings is 2. The Balaban J connectivity index is 1.42. The molecule has 2 heterocycles. The third-order valence-electron chi connectivity index (χ3n) is 6.06. The number of carbonyl (C=O) groups is 2. The Morgan fingerprint density at radius 3 is 2.72 bits per heavy atom. The molecule has 6 nitrogen and oxygen atoms in total. The van der Waals surface area contributed by atoms with Crippen LogP contribution in [-0.2, 0) is 17.8 Å². The Hall–Kier alpha value is -3.02. The van der Waals surface area contributed by atoms with Crippen molar-refractivity contribution in [1.82, 2.24) is 4.90 Å². The third-order valence-corrected chi connectivity index (χ3v) is 6.06. The highest BCUT2D eigenvalue weighted by atomic mass is 16.7. The summed E-state index contributed by atoms with van der Waals surface area (Å²) in [6, 6.07) is 11.8. The maximum absolute atomic E-state index is 13.5. The molecule has 0 bridgehead atoms. The lowest BCUT2D eigenvalue weighted by molar-refractivity contribution is -0.116. The third kappa shape index (κ3) is 3.55. The number of amides is 2. The molecular weight excluding hydrogens is 368 g/mol. The number of aryl methyl sites for hydroxylation is 1. The van der Waals surface area contributed by atoms with Crippen LogP contribution in [0.4, 0.5) is 5.69 Å². The van der Waals surface area contributed by atoms with E-state index < -0.39 is 0 Å². The molecule has 3 aliphatic rings. The van der Waals surface area contributed by atoms with Crippen molar-refractivity contribution in [2.24, 2.45) is 0 Å². The van der Waals surface area contributed by atoms with E-state index >= 15 is 0 Å². The largest absolute Gasteiger partial charge is 0.454 e. The molecule has 1 aliphatic carbocycles. The summed E-state index contributed by atoms with van der Waals surface area (Å²) in [5, 5.41) is 2.88. The van der Waals surface area contributed by atoms with Gasteiger partial charge in [0.2, 0.25) is 12.7 Å². The smallest absolute Gasteiger partial charge is 0.254 e. The summed E-state index contributed by atoms with van der Waals surface area (Å²) in [6.45, 7) is 0.795. The molecule has 1 N–H and O–H groups in total. The summed E-state index contributed by atoms with van der Waals surface area (Å²) < 4.78 is 10.9. The van der Waals surface area contributed by atoms with Crippen LogP contribution in [-0.4, -0.2) is 29.5 Å². The average Bonchev–Trinajstić information content (AvgIpc) is 3.42. The maximum Gasteiger partial charge on any atom is 0.254 e. The van der Waals surface area contributed by atoms with E-state index in [9.17, 15) is 9.59 Å². The Kier molecular flexibility index (Phi) is 4.62. The lowest BCUT2D eigenvalue weighted by Gasteiger charge is -2.30. The fourth-order valence-corrected chi connectivity index (χ4v) is 4.50. The molecule has 0 spiro atoms. The number of nitrogens with zero attached hydrogens (tertiary/aromatic N) is 1. The van der Waals surface area contributed by atoms with Crippen LogP contribution in [0.5, 0.6) is 11.5 Å². The van der Waals surface area contributed by atoms with E-state index in [1.807, 2.05) is 41.3 Å². The number of ether oxygens (including phenoxy) is 2. The SMILES string of the molecule is O=C1CCc2cc(C(=O)N(Cc3ccc4c(c3)OCO4)C3CCCC3)ccc2N1. The summed E-state index contributed by atoms with van der Waals surface area (Å²) in [4.78, 5) is 27.1. The molecule has 0 saturated heterocycles. The second-order valence-corrected chi connectivity index (χ2v) is 7.98. The predicted octanol–water partition coefficient (Wildman–Crippen LogP) is 3.89. The number of hydrogen-bond donors (Lipinski definition) is 1. The van der Waals surface area contributed by atoms with E-state index in [0.717, 1.165) is 54.0 Å². The van der Waals surface area contributed by atoms with Gasteiger partial charge in [-0.25, -0.2) is 0 Å². The molecule has 5 rings (SSSR count). The predicted molar refractivity (Wildman–Crippen MR) is 108 cm³/mol. The molecule has 6 heteroatoms. The summed E-state index contributed by atoms with van der Waals surface area (Å²) in [6.07, 6.45) is 5.54. The number of hydrogen-bond acceptors (Lipinski definition) is 4. The number of anilines is 1. The highest BCUT2D eigenvalue weighted by Crippen LogP contribution is 2.34. The summed E-state index contributed by atoms with van der Waals surface area (Å²) in [7, 11) is 0. The van der Waals surface area contributed by atoms with Gasteiger partial charge in [0, 0.05) is 30.3 Å². The van der Waals surface area contributed by atoms with Gasteiger partial charge < -0.3 is 19.7 Å². The van der Waals surface area contributed by atoms with Gasteiger partial charge in [0.15, 0.2) is 11.5 Å². The first kappa shape index (κ1) is 18.0. The highest BCUT2D eigenvalue weighted by Gasteiger charge is 2.29. The van der Waals surface area contributed by atoms with Crippen LogP contribution in [0.2, 0.25) is 0 Å². The Bertz CT molecular complexity index is 965. The molecule has 2 amide bonds. The zero-order valence-corrected chi connectivity index (χ0v) is 16.3. The Morgan fingerprint density at radius 2 is 1.86 bits per heavy atom. The number of carbonyl (C=O) groups excluding carboxylic acids is 2. The molecule has 1 saturated carbocycles. The van der Waals surface area contributed by atoms with Crippen molar-refractivity contribution in [3.63, 3.8) is 0 Å². The zero-order valence-electron chi connectivity index (χ0n) is 16.3. The summed E-state index contributed by atoms with van der Waals surface area (Å²) in [5.41, 5.74) is 3.58. The van der Waals surface area contributed by atoms with Crippen molar-refractivity contribution in [3.8, 4) is 11.5 Å². The lowest BCUT2D eigenvalue weighted by atomic mass is 9.99. The fraction of sp³-hybridized carbons (Fsp3) is 0.391. The molecule has 150 valence electrons. The standard InChI is InChI=1S/C23H24N2O4/c26-22-10-7-16-12-17(6-8-19(16)24-22)23(27)25(18-3-1-2-4-18)13-15-5-9-20-21(11-15)29-14-28-20/h5-6,8-9,11-12,18H,1-4,7,10,13-14H2,(H,24,26). The number of nitrogens with one attached hydrogen (secondary N) is 1. The quantitative estimate of drug-likeness (QED) is 0.857. The van der Waals surface area contributed by atoms with Gasteiger partial charge in [-0.3, -0.25) is 9.59 Å². The van der Waals surface area contributed by atoms with Crippen LogP contribution in [0.3, 0.4) is 0 Å². The van der Waals surface area contributed by atoms with Gasteiger partial charge in [-0.2, -0.15) is 0 Å². The monoisotopic (exact) mass is 392 g/mol. The molecule has 0 aromatic heterocycles. The number of rotatable bonds is 4. The minimum Gasteiger partial charge on any atom is -0.454 e. The van der Waals surface area contributed by atoms with Crippen LogP contribution >= 0.6 is 0 Å². The van der Waals surface area contributed by atoms with Crippen LogP contribution in [0.15, 0.2) is 36.4 Å². The van der Waals surface area contributed by atoms with Gasteiger partial charge in [-0.05, 0) is 60.7 Å². The highest BCUT2D eigenvalue weighted by molar-refractivity contribution is 5.98. The van der Waals surface area contributed by atoms with Crippen molar-refractivity contribution in [1.29, 1.82) is 0 Å². The summed E-state index contributed by atoms with van der Waals surface area (Å²) in [5.74, 6) is 1.58. The molecule has 2 aromatic carbocycles. The molecule has 29 heavy (non-hydrogen) atoms. The van der Waals surface area contributed by atoms with Crippen LogP contribution in [0.25, 0.3) is 0 Å². The van der Waals surface area contributed by atoms with E-state index in [4.69, 9.17) is 9.47 Å². The zero-order chi connectivity index (χ0) is 19.8. The molecular formula is C23H24N2O4. The van der Waals surface area contributed by atoms with Gasteiger partial charge in [-0.15, -0.1) is 0 Å². The van der Waals surface area contributed by atoms with Crippen LogP contribution in [0, 0.1) is 0 Å². The second kappa shape index (κ2) is 7.43. The van der Waals surface area contributed by atoms with E-state index in [-0.39, 0.29) is 24.6 Å². The molecule has 0 atom stereocenters. The van der Waals surface area contributed by atoms with Crippen LogP contribution < -0.4 is 14.8 Å². The minimum atomic E-state index is 0.0342. The van der Waals surface area contributed by atoms with E-state index in [1.165, 1.54) is 0 Å². The molecule has 1 fully saturated rings. The normalized spacial score (nSPS) is 17.7. The van der Waals surface area contributed by atoms with Crippen molar-refractivity contribution in [2.75, 3.05) is 12.1 Å². The topological polar surface area (TPSA) is 67.9 Å². The fourth-order valence-electron chi connectivity index (χ4n) is 4.50. The van der Waals surface area contributed by atoms with Gasteiger partial charge in [-0.1, -0.05) is 18.9 Å². The van der Waals surface area contributed by atoms with E-state index in [2.05, 4.69) is 5.32 Å².